The Morgan fingerprint density at radius 2 is 1.58 bits per heavy atom. The lowest BCUT2D eigenvalue weighted by molar-refractivity contribution is 0.647. The maximum atomic E-state index is 8.81. The molecule has 1 aliphatic heterocycles. The van der Waals surface area contributed by atoms with Crippen LogP contribution in [0.4, 0.5) is 11.5 Å². The van der Waals surface area contributed by atoms with Crippen LogP contribution < -0.4 is 9.80 Å². The first-order valence-corrected chi connectivity index (χ1v) is 7.83. The van der Waals surface area contributed by atoms with Crippen molar-refractivity contribution in [2.24, 2.45) is 0 Å². The monoisotopic (exact) mass is 315 g/mol. The number of allylic oxidation sites excluding steroid dienone is 1. The van der Waals surface area contributed by atoms with E-state index in [9.17, 15) is 0 Å². The minimum absolute atomic E-state index is 0.117. The van der Waals surface area contributed by atoms with Crippen LogP contribution in [0.5, 0.6) is 0 Å². The van der Waals surface area contributed by atoms with Crippen molar-refractivity contribution >= 4 is 17.6 Å². The lowest BCUT2D eigenvalue weighted by Gasteiger charge is -2.36. The maximum Gasteiger partial charge on any atom is 0.130 e. The van der Waals surface area contributed by atoms with Gasteiger partial charge in [-0.25, -0.2) is 4.98 Å². The van der Waals surface area contributed by atoms with Gasteiger partial charge in [0.05, 0.1) is 0 Å². The van der Waals surface area contributed by atoms with Crippen molar-refractivity contribution in [1.82, 2.24) is 4.98 Å². The van der Waals surface area contributed by atoms with E-state index in [4.69, 9.17) is 10.5 Å². The number of benzene rings is 1. The number of nitrogens with zero attached hydrogens (tertiary/aromatic N) is 5. The van der Waals surface area contributed by atoms with Gasteiger partial charge in [0.15, 0.2) is 0 Å². The predicted octanol–water partition coefficient (Wildman–Crippen LogP) is 2.84. The van der Waals surface area contributed by atoms with Gasteiger partial charge in [0.1, 0.15) is 23.5 Å². The van der Waals surface area contributed by atoms with Crippen LogP contribution in [0, 0.1) is 22.7 Å². The van der Waals surface area contributed by atoms with Gasteiger partial charge in [0, 0.05) is 38.1 Å². The Balaban J connectivity index is 1.64. The van der Waals surface area contributed by atoms with Crippen LogP contribution in [0.25, 0.3) is 6.08 Å². The summed E-state index contributed by atoms with van der Waals surface area (Å²) in [5, 5.41) is 17.6. The normalized spacial score (nSPS) is 13.8. The summed E-state index contributed by atoms with van der Waals surface area (Å²) < 4.78 is 0. The molecule has 5 heteroatoms. The minimum Gasteiger partial charge on any atom is -0.368 e. The second-order valence-corrected chi connectivity index (χ2v) is 5.54. The quantitative estimate of drug-likeness (QED) is 0.815. The highest BCUT2D eigenvalue weighted by molar-refractivity contribution is 5.64. The molecule has 0 saturated carbocycles. The molecular formula is C19H17N5. The number of aromatic nitrogens is 1. The Morgan fingerprint density at radius 3 is 2.17 bits per heavy atom. The molecule has 3 rings (SSSR count). The SMILES string of the molecule is N#CC(C#N)=Cc1ccc(N2CCN(c3ccccn3)CC2)cc1. The zero-order valence-corrected chi connectivity index (χ0v) is 13.3. The molecule has 0 spiro atoms. The number of hydrogen-bond acceptors (Lipinski definition) is 5. The molecule has 5 nitrogen and oxygen atoms in total. The summed E-state index contributed by atoms with van der Waals surface area (Å²) in [7, 11) is 0. The fourth-order valence-corrected chi connectivity index (χ4v) is 2.77. The third kappa shape index (κ3) is 3.53. The predicted molar refractivity (Wildman–Crippen MR) is 94.3 cm³/mol. The lowest BCUT2D eigenvalue weighted by atomic mass is 10.1. The Hall–Kier alpha value is -3.31. The van der Waals surface area contributed by atoms with E-state index in [2.05, 4.69) is 14.8 Å². The zero-order valence-electron chi connectivity index (χ0n) is 13.3. The molecule has 0 atom stereocenters. The van der Waals surface area contributed by atoms with Crippen molar-refractivity contribution < 1.29 is 0 Å². The van der Waals surface area contributed by atoms with Crippen LogP contribution in [0.2, 0.25) is 0 Å². The summed E-state index contributed by atoms with van der Waals surface area (Å²) >= 11 is 0. The van der Waals surface area contributed by atoms with Crippen molar-refractivity contribution in [2.45, 2.75) is 0 Å². The lowest BCUT2D eigenvalue weighted by Crippen LogP contribution is -2.46. The minimum atomic E-state index is 0.117. The van der Waals surface area contributed by atoms with E-state index < -0.39 is 0 Å². The van der Waals surface area contributed by atoms with Crippen LogP contribution >= 0.6 is 0 Å². The van der Waals surface area contributed by atoms with E-state index in [1.807, 2.05) is 60.8 Å². The molecule has 1 aliphatic rings. The topological polar surface area (TPSA) is 67.0 Å². The van der Waals surface area contributed by atoms with E-state index in [0.717, 1.165) is 43.2 Å². The zero-order chi connectivity index (χ0) is 16.8. The standard InChI is InChI=1S/C19H17N5/c20-14-17(15-21)13-16-4-6-18(7-5-16)23-9-11-24(12-10-23)19-3-1-2-8-22-19/h1-8,13H,9-12H2. The second kappa shape index (κ2) is 7.30. The van der Waals surface area contributed by atoms with Crippen LogP contribution in [0.1, 0.15) is 5.56 Å². The summed E-state index contributed by atoms with van der Waals surface area (Å²) in [6, 6.07) is 17.7. The number of pyridine rings is 1. The highest BCUT2D eigenvalue weighted by atomic mass is 15.3. The Bertz CT molecular complexity index is 772. The summed E-state index contributed by atoms with van der Waals surface area (Å²) in [6.07, 6.45) is 3.42. The van der Waals surface area contributed by atoms with Gasteiger partial charge in [-0.3, -0.25) is 0 Å². The molecule has 0 N–H and O–H groups in total. The number of rotatable bonds is 3. The average Bonchev–Trinajstić information content (AvgIpc) is 2.67. The number of hydrogen-bond donors (Lipinski definition) is 0. The molecular weight excluding hydrogens is 298 g/mol. The summed E-state index contributed by atoms with van der Waals surface area (Å²) in [4.78, 5) is 9.03. The number of nitriles is 2. The highest BCUT2D eigenvalue weighted by Gasteiger charge is 2.17. The Kier molecular flexibility index (Phi) is 4.74. The largest absolute Gasteiger partial charge is 0.368 e. The van der Waals surface area contributed by atoms with E-state index in [1.165, 1.54) is 0 Å². The molecule has 0 radical (unpaired) electrons. The van der Waals surface area contributed by atoms with Crippen LogP contribution in [-0.4, -0.2) is 31.2 Å². The summed E-state index contributed by atoms with van der Waals surface area (Å²) in [5.74, 6) is 1.03. The number of piperazine rings is 1. The highest BCUT2D eigenvalue weighted by Crippen LogP contribution is 2.20. The van der Waals surface area contributed by atoms with Crippen molar-refractivity contribution in [1.29, 1.82) is 10.5 Å². The Labute approximate surface area is 141 Å². The fourth-order valence-electron chi connectivity index (χ4n) is 2.77. The Morgan fingerprint density at radius 1 is 0.917 bits per heavy atom. The molecule has 24 heavy (non-hydrogen) atoms. The fraction of sp³-hybridized carbons (Fsp3) is 0.211. The van der Waals surface area contributed by atoms with E-state index in [-0.39, 0.29) is 5.57 Å². The molecule has 1 aromatic heterocycles. The summed E-state index contributed by atoms with van der Waals surface area (Å²) in [5.41, 5.74) is 2.14. The molecule has 0 aliphatic carbocycles. The third-order valence-corrected chi connectivity index (χ3v) is 4.06. The first-order valence-electron chi connectivity index (χ1n) is 7.83. The van der Waals surface area contributed by atoms with Gasteiger partial charge in [0.25, 0.3) is 0 Å². The first kappa shape index (κ1) is 15.6. The molecule has 1 saturated heterocycles. The molecule has 118 valence electrons. The maximum absolute atomic E-state index is 8.81. The van der Waals surface area contributed by atoms with Gasteiger partial charge in [-0.05, 0) is 35.9 Å². The van der Waals surface area contributed by atoms with Gasteiger partial charge in [-0.15, -0.1) is 0 Å². The first-order chi connectivity index (χ1) is 11.8. The van der Waals surface area contributed by atoms with E-state index in [1.54, 1.807) is 6.08 Å². The van der Waals surface area contributed by atoms with E-state index >= 15 is 0 Å². The van der Waals surface area contributed by atoms with Gasteiger partial charge in [0.2, 0.25) is 0 Å². The van der Waals surface area contributed by atoms with Crippen molar-refractivity contribution in [3.8, 4) is 12.1 Å². The van der Waals surface area contributed by atoms with Crippen LogP contribution in [-0.2, 0) is 0 Å². The molecule has 1 aromatic carbocycles. The average molecular weight is 315 g/mol. The second-order valence-electron chi connectivity index (χ2n) is 5.54. The summed E-state index contributed by atoms with van der Waals surface area (Å²) in [6.45, 7) is 3.75. The van der Waals surface area contributed by atoms with E-state index in [0.29, 0.717) is 0 Å². The number of anilines is 2. The van der Waals surface area contributed by atoms with Gasteiger partial charge >= 0.3 is 0 Å². The molecule has 2 aromatic rings. The van der Waals surface area contributed by atoms with Gasteiger partial charge in [-0.1, -0.05) is 18.2 Å². The van der Waals surface area contributed by atoms with Crippen molar-refractivity contribution in [2.75, 3.05) is 36.0 Å². The molecule has 0 bridgehead atoms. The van der Waals surface area contributed by atoms with Crippen molar-refractivity contribution in [3.05, 3.63) is 59.8 Å². The molecule has 0 unspecified atom stereocenters. The van der Waals surface area contributed by atoms with Gasteiger partial charge < -0.3 is 9.80 Å². The van der Waals surface area contributed by atoms with Crippen LogP contribution in [0.15, 0.2) is 54.2 Å². The van der Waals surface area contributed by atoms with Crippen LogP contribution in [0.3, 0.4) is 0 Å². The van der Waals surface area contributed by atoms with Crippen molar-refractivity contribution in [3.63, 3.8) is 0 Å². The smallest absolute Gasteiger partial charge is 0.130 e. The van der Waals surface area contributed by atoms with Gasteiger partial charge in [-0.2, -0.15) is 10.5 Å². The third-order valence-electron chi connectivity index (χ3n) is 4.06. The molecule has 0 amide bonds. The molecule has 1 fully saturated rings. The molecule has 2 heterocycles.